The standard InChI is InChI=1S/C28H30N6O3/c1-32(2)15-6-9-24(35)33-16-14-20(17-33)34-18-23(25-26(34)28(36)31-30-27(25)29)19-10-12-22(13-11-19)37-21-7-4-3-5-8-21/h3-13,18,20H,14-17H2,1-2H3,(H2,29,30)(H,31,36)/b9-6+/t20-/m1/s1. The first-order chi connectivity index (χ1) is 17.9. The zero-order chi connectivity index (χ0) is 25.9. The Morgan fingerprint density at radius 3 is 2.62 bits per heavy atom. The first-order valence-corrected chi connectivity index (χ1v) is 12.2. The third kappa shape index (κ3) is 5.12. The van der Waals surface area contributed by atoms with Crippen molar-refractivity contribution in [2.24, 2.45) is 0 Å². The molecule has 2 aromatic heterocycles. The molecule has 3 N–H and O–H groups in total. The van der Waals surface area contributed by atoms with E-state index >= 15 is 0 Å². The Kier molecular flexibility index (Phi) is 6.78. The van der Waals surface area contributed by atoms with Crippen LogP contribution in [0.4, 0.5) is 5.82 Å². The van der Waals surface area contributed by atoms with Crippen molar-refractivity contribution >= 4 is 22.6 Å². The number of nitrogens with two attached hydrogens (primary N) is 1. The molecule has 4 aromatic rings. The van der Waals surface area contributed by atoms with Crippen LogP contribution in [-0.2, 0) is 4.79 Å². The molecule has 1 fully saturated rings. The van der Waals surface area contributed by atoms with Crippen LogP contribution in [0, 0.1) is 0 Å². The van der Waals surface area contributed by atoms with Crippen molar-refractivity contribution in [3.8, 4) is 22.6 Å². The smallest absolute Gasteiger partial charge is 0.288 e. The molecule has 1 aliphatic rings. The highest BCUT2D eigenvalue weighted by atomic mass is 16.5. The third-order valence-electron chi connectivity index (χ3n) is 6.53. The molecule has 5 rings (SSSR count). The molecule has 0 radical (unpaired) electrons. The summed E-state index contributed by atoms with van der Waals surface area (Å²) in [6.07, 6.45) is 6.17. The molecule has 190 valence electrons. The number of H-pyrrole nitrogens is 1. The van der Waals surface area contributed by atoms with E-state index in [1.54, 1.807) is 6.08 Å². The van der Waals surface area contributed by atoms with Crippen molar-refractivity contribution in [1.29, 1.82) is 0 Å². The number of rotatable bonds is 7. The van der Waals surface area contributed by atoms with Crippen LogP contribution < -0.4 is 16.0 Å². The molecular formula is C28H30N6O3. The molecule has 37 heavy (non-hydrogen) atoms. The summed E-state index contributed by atoms with van der Waals surface area (Å²) in [5.41, 5.74) is 8.12. The normalized spacial score (nSPS) is 15.8. The highest BCUT2D eigenvalue weighted by molar-refractivity contribution is 6.02. The lowest BCUT2D eigenvalue weighted by Gasteiger charge is -2.16. The predicted molar refractivity (Wildman–Crippen MR) is 145 cm³/mol. The van der Waals surface area contributed by atoms with Crippen molar-refractivity contribution in [2.75, 3.05) is 39.5 Å². The minimum Gasteiger partial charge on any atom is -0.457 e. The Bertz CT molecular complexity index is 1490. The van der Waals surface area contributed by atoms with E-state index in [1.165, 1.54) is 0 Å². The number of amides is 1. The second-order valence-corrected chi connectivity index (χ2v) is 9.44. The number of likely N-dealkylation sites (N-methyl/N-ethyl adjacent to an activating group) is 1. The van der Waals surface area contributed by atoms with Gasteiger partial charge in [0.05, 0.1) is 11.4 Å². The molecule has 0 bridgehead atoms. The van der Waals surface area contributed by atoms with Gasteiger partial charge in [0.1, 0.15) is 17.0 Å². The number of hydrogen-bond donors (Lipinski definition) is 2. The average molecular weight is 499 g/mol. The van der Waals surface area contributed by atoms with Crippen LogP contribution in [0.25, 0.3) is 22.0 Å². The minimum atomic E-state index is -0.310. The lowest BCUT2D eigenvalue weighted by atomic mass is 10.1. The fourth-order valence-corrected chi connectivity index (χ4v) is 4.71. The van der Waals surface area contributed by atoms with E-state index in [0.717, 1.165) is 23.3 Å². The van der Waals surface area contributed by atoms with Gasteiger partial charge < -0.3 is 24.8 Å². The van der Waals surface area contributed by atoms with Crippen LogP contribution in [0.1, 0.15) is 12.5 Å². The molecule has 1 aliphatic heterocycles. The Morgan fingerprint density at radius 1 is 1.16 bits per heavy atom. The monoisotopic (exact) mass is 498 g/mol. The maximum atomic E-state index is 12.9. The number of benzene rings is 2. The van der Waals surface area contributed by atoms with Crippen LogP contribution in [-0.4, -0.2) is 64.2 Å². The largest absolute Gasteiger partial charge is 0.457 e. The van der Waals surface area contributed by atoms with Crippen LogP contribution in [0.15, 0.2) is 77.7 Å². The van der Waals surface area contributed by atoms with E-state index in [2.05, 4.69) is 10.2 Å². The number of carbonyl (C=O) groups excluding carboxylic acids is 1. The van der Waals surface area contributed by atoms with Crippen molar-refractivity contribution < 1.29 is 9.53 Å². The van der Waals surface area contributed by atoms with Gasteiger partial charge in [0.25, 0.3) is 5.56 Å². The van der Waals surface area contributed by atoms with Crippen LogP contribution in [0.2, 0.25) is 0 Å². The van der Waals surface area contributed by atoms with Crippen molar-refractivity contribution in [1.82, 2.24) is 24.6 Å². The van der Waals surface area contributed by atoms with Gasteiger partial charge in [-0.3, -0.25) is 9.59 Å². The first-order valence-electron chi connectivity index (χ1n) is 12.2. The van der Waals surface area contributed by atoms with Gasteiger partial charge in [-0.25, -0.2) is 5.10 Å². The lowest BCUT2D eigenvalue weighted by molar-refractivity contribution is -0.125. The fourth-order valence-electron chi connectivity index (χ4n) is 4.71. The Hall–Kier alpha value is -4.37. The van der Waals surface area contributed by atoms with E-state index in [9.17, 15) is 9.59 Å². The number of ether oxygens (including phenoxy) is 1. The second-order valence-electron chi connectivity index (χ2n) is 9.44. The summed E-state index contributed by atoms with van der Waals surface area (Å²) < 4.78 is 7.87. The van der Waals surface area contributed by atoms with Crippen LogP contribution in [0.5, 0.6) is 11.5 Å². The van der Waals surface area contributed by atoms with E-state index in [0.29, 0.717) is 36.3 Å². The summed E-state index contributed by atoms with van der Waals surface area (Å²) in [6, 6.07) is 17.2. The summed E-state index contributed by atoms with van der Waals surface area (Å²) in [7, 11) is 3.91. The van der Waals surface area contributed by atoms with Gasteiger partial charge in [0.15, 0.2) is 5.82 Å². The summed E-state index contributed by atoms with van der Waals surface area (Å²) >= 11 is 0. The molecule has 2 aromatic carbocycles. The summed E-state index contributed by atoms with van der Waals surface area (Å²) in [5.74, 6) is 1.69. The number of aromatic nitrogens is 3. The molecule has 9 heteroatoms. The zero-order valence-corrected chi connectivity index (χ0v) is 20.9. The lowest BCUT2D eigenvalue weighted by Crippen LogP contribution is -2.28. The number of nitrogen functional groups attached to an aromatic ring is 1. The van der Waals surface area contributed by atoms with Gasteiger partial charge in [-0.05, 0) is 50.3 Å². The van der Waals surface area contributed by atoms with E-state index < -0.39 is 0 Å². The SMILES string of the molecule is CN(C)C/C=C/C(=O)N1CC[C@@H](n2cc(-c3ccc(Oc4ccccc4)cc3)c3c(N)n[nH]c(=O)c32)C1. The minimum absolute atomic E-state index is 0.0230. The van der Waals surface area contributed by atoms with Gasteiger partial charge >= 0.3 is 0 Å². The number of carbonyl (C=O) groups is 1. The quantitative estimate of drug-likeness (QED) is 0.377. The number of nitrogens with zero attached hydrogens (tertiary/aromatic N) is 4. The number of para-hydroxylation sites is 1. The van der Waals surface area contributed by atoms with E-state index in [1.807, 2.05) is 95.3 Å². The highest BCUT2D eigenvalue weighted by Gasteiger charge is 2.29. The number of aromatic amines is 1. The maximum Gasteiger partial charge on any atom is 0.288 e. The molecule has 1 atom stereocenters. The zero-order valence-electron chi connectivity index (χ0n) is 20.9. The number of hydrogen-bond acceptors (Lipinski definition) is 6. The molecule has 9 nitrogen and oxygen atoms in total. The van der Waals surface area contributed by atoms with Gasteiger partial charge in [0, 0.05) is 37.5 Å². The maximum absolute atomic E-state index is 12.9. The highest BCUT2D eigenvalue weighted by Crippen LogP contribution is 2.36. The third-order valence-corrected chi connectivity index (χ3v) is 6.53. The van der Waals surface area contributed by atoms with E-state index in [-0.39, 0.29) is 23.3 Å². The van der Waals surface area contributed by atoms with Gasteiger partial charge in [-0.15, -0.1) is 0 Å². The topological polar surface area (TPSA) is 109 Å². The summed E-state index contributed by atoms with van der Waals surface area (Å²) in [6.45, 7) is 1.83. The number of anilines is 1. The van der Waals surface area contributed by atoms with Gasteiger partial charge in [-0.2, -0.15) is 5.10 Å². The first kappa shape index (κ1) is 24.3. The summed E-state index contributed by atoms with van der Waals surface area (Å²) in [4.78, 5) is 29.4. The number of fused-ring (bicyclic) bond motifs is 1. The molecule has 3 heterocycles. The van der Waals surface area contributed by atoms with Crippen molar-refractivity contribution in [3.05, 3.63) is 83.3 Å². The molecule has 0 spiro atoms. The molecule has 1 amide bonds. The Labute approximate surface area is 214 Å². The molecule has 0 saturated carbocycles. The molecule has 1 saturated heterocycles. The molecular weight excluding hydrogens is 468 g/mol. The average Bonchev–Trinajstić information content (AvgIpc) is 3.53. The molecule has 0 aliphatic carbocycles. The van der Waals surface area contributed by atoms with Crippen LogP contribution >= 0.6 is 0 Å². The van der Waals surface area contributed by atoms with E-state index in [4.69, 9.17) is 10.5 Å². The van der Waals surface area contributed by atoms with Gasteiger partial charge in [-0.1, -0.05) is 36.4 Å². The number of nitrogens with one attached hydrogen (secondary N) is 1. The molecule has 0 unspecified atom stereocenters. The number of likely N-dealkylation sites (tertiary alicyclic amines) is 1. The Morgan fingerprint density at radius 2 is 1.89 bits per heavy atom. The van der Waals surface area contributed by atoms with Crippen molar-refractivity contribution in [2.45, 2.75) is 12.5 Å². The Balaban J connectivity index is 1.44. The van der Waals surface area contributed by atoms with Gasteiger partial charge in [0.2, 0.25) is 5.91 Å². The van der Waals surface area contributed by atoms with Crippen molar-refractivity contribution in [3.63, 3.8) is 0 Å². The second kappa shape index (κ2) is 10.3. The summed E-state index contributed by atoms with van der Waals surface area (Å²) in [5, 5.41) is 7.14. The fraction of sp³-hybridized carbons (Fsp3) is 0.250. The predicted octanol–water partition coefficient (Wildman–Crippen LogP) is 3.66. The van der Waals surface area contributed by atoms with Crippen LogP contribution in [0.3, 0.4) is 0 Å².